The number of unbranched alkanes of at least 4 members (excludes halogenated alkanes) is 4. The minimum Gasteiger partial charge on any atom is -0.258 e. The standard InChI is InChI=1S/C18H29N/c1-4-6-8-9-10-16(3)19-18-14-12-17(13-15-18)11-7-5-2/h12-15H,4-11H2,1-3H3. The highest BCUT2D eigenvalue weighted by atomic mass is 14.7. The number of nitrogens with zero attached hydrogens (tertiary/aromatic N) is 1. The molecule has 0 atom stereocenters. The van der Waals surface area contributed by atoms with Crippen molar-refractivity contribution in [3.05, 3.63) is 29.8 Å². The first-order chi connectivity index (χ1) is 9.26. The Bertz CT molecular complexity index is 362. The molecule has 0 aromatic heterocycles. The van der Waals surface area contributed by atoms with E-state index >= 15 is 0 Å². The van der Waals surface area contributed by atoms with Gasteiger partial charge in [0.05, 0.1) is 5.69 Å². The van der Waals surface area contributed by atoms with Crippen LogP contribution in [0, 0.1) is 0 Å². The summed E-state index contributed by atoms with van der Waals surface area (Å²) in [7, 11) is 0. The molecule has 1 aromatic carbocycles. The minimum absolute atomic E-state index is 1.10. The van der Waals surface area contributed by atoms with Gasteiger partial charge in [0.2, 0.25) is 0 Å². The predicted octanol–water partition coefficient (Wildman–Crippen LogP) is 6.09. The second kappa shape index (κ2) is 9.77. The molecule has 1 aromatic rings. The zero-order chi connectivity index (χ0) is 13.9. The van der Waals surface area contributed by atoms with Crippen LogP contribution in [0.3, 0.4) is 0 Å². The molecule has 0 radical (unpaired) electrons. The normalized spacial score (nSPS) is 11.8. The maximum atomic E-state index is 4.69. The van der Waals surface area contributed by atoms with Gasteiger partial charge in [0.25, 0.3) is 0 Å². The summed E-state index contributed by atoms with van der Waals surface area (Å²) >= 11 is 0. The Kier molecular flexibility index (Phi) is 8.20. The predicted molar refractivity (Wildman–Crippen MR) is 86.6 cm³/mol. The number of aliphatic imine (C=N–C) groups is 1. The maximum absolute atomic E-state index is 4.69. The van der Waals surface area contributed by atoms with Crippen molar-refractivity contribution in [1.29, 1.82) is 0 Å². The fraction of sp³-hybridized carbons (Fsp3) is 0.611. The van der Waals surface area contributed by atoms with Crippen molar-refractivity contribution in [2.75, 3.05) is 0 Å². The van der Waals surface area contributed by atoms with E-state index < -0.39 is 0 Å². The van der Waals surface area contributed by atoms with E-state index in [-0.39, 0.29) is 0 Å². The second-order valence-corrected chi connectivity index (χ2v) is 5.43. The van der Waals surface area contributed by atoms with Crippen LogP contribution < -0.4 is 0 Å². The Labute approximate surface area is 119 Å². The van der Waals surface area contributed by atoms with Gasteiger partial charge >= 0.3 is 0 Å². The highest BCUT2D eigenvalue weighted by Gasteiger charge is 1.96. The third-order valence-corrected chi connectivity index (χ3v) is 3.47. The molecule has 1 nitrogen and oxygen atoms in total. The molecule has 0 saturated carbocycles. The van der Waals surface area contributed by atoms with E-state index in [0.29, 0.717) is 0 Å². The van der Waals surface area contributed by atoms with Crippen molar-refractivity contribution >= 4 is 11.4 Å². The molecule has 0 aliphatic heterocycles. The largest absolute Gasteiger partial charge is 0.258 e. The topological polar surface area (TPSA) is 12.4 Å². The number of hydrogen-bond donors (Lipinski definition) is 0. The molecule has 0 N–H and O–H groups in total. The summed E-state index contributed by atoms with van der Waals surface area (Å²) in [6.07, 6.45) is 10.1. The van der Waals surface area contributed by atoms with Crippen molar-refractivity contribution in [3.8, 4) is 0 Å². The number of rotatable bonds is 9. The van der Waals surface area contributed by atoms with Crippen molar-refractivity contribution < 1.29 is 0 Å². The highest BCUT2D eigenvalue weighted by molar-refractivity contribution is 5.84. The van der Waals surface area contributed by atoms with Gasteiger partial charge in [-0.25, -0.2) is 0 Å². The van der Waals surface area contributed by atoms with Gasteiger partial charge in [0.1, 0.15) is 0 Å². The first kappa shape index (κ1) is 15.9. The monoisotopic (exact) mass is 259 g/mol. The van der Waals surface area contributed by atoms with Gasteiger partial charge in [-0.15, -0.1) is 0 Å². The lowest BCUT2D eigenvalue weighted by Crippen LogP contribution is -1.91. The van der Waals surface area contributed by atoms with Gasteiger partial charge in [-0.2, -0.15) is 0 Å². The van der Waals surface area contributed by atoms with Crippen molar-refractivity contribution in [2.45, 2.75) is 72.1 Å². The van der Waals surface area contributed by atoms with Crippen molar-refractivity contribution in [2.24, 2.45) is 4.99 Å². The van der Waals surface area contributed by atoms with Crippen LogP contribution in [0.15, 0.2) is 29.3 Å². The lowest BCUT2D eigenvalue weighted by atomic mass is 10.1. The maximum Gasteiger partial charge on any atom is 0.0629 e. The van der Waals surface area contributed by atoms with Gasteiger partial charge < -0.3 is 0 Å². The molecule has 0 heterocycles. The van der Waals surface area contributed by atoms with E-state index in [1.54, 1.807) is 0 Å². The Hall–Kier alpha value is -1.11. The van der Waals surface area contributed by atoms with Crippen LogP contribution in [-0.2, 0) is 6.42 Å². The summed E-state index contributed by atoms with van der Waals surface area (Å²) in [5.74, 6) is 0. The molecule has 19 heavy (non-hydrogen) atoms. The molecule has 0 amide bonds. The zero-order valence-corrected chi connectivity index (χ0v) is 12.9. The summed E-state index contributed by atoms with van der Waals surface area (Å²) in [6.45, 7) is 6.64. The van der Waals surface area contributed by atoms with Crippen LogP contribution in [-0.4, -0.2) is 5.71 Å². The van der Waals surface area contributed by atoms with Crippen LogP contribution in [0.5, 0.6) is 0 Å². The Morgan fingerprint density at radius 3 is 2.21 bits per heavy atom. The number of aryl methyl sites for hydroxylation is 1. The quantitative estimate of drug-likeness (QED) is 0.376. The third-order valence-electron chi connectivity index (χ3n) is 3.47. The molecule has 1 heteroatoms. The summed E-state index contributed by atoms with van der Waals surface area (Å²) in [6, 6.07) is 8.75. The summed E-state index contributed by atoms with van der Waals surface area (Å²) in [4.78, 5) is 4.69. The average Bonchev–Trinajstić information content (AvgIpc) is 2.43. The number of hydrogen-bond acceptors (Lipinski definition) is 1. The van der Waals surface area contributed by atoms with E-state index in [0.717, 1.165) is 12.1 Å². The summed E-state index contributed by atoms with van der Waals surface area (Å²) in [5.41, 5.74) is 3.80. The van der Waals surface area contributed by atoms with Crippen LogP contribution in [0.4, 0.5) is 5.69 Å². The van der Waals surface area contributed by atoms with Crippen molar-refractivity contribution in [3.63, 3.8) is 0 Å². The first-order valence-electron chi connectivity index (χ1n) is 7.89. The van der Waals surface area contributed by atoms with Gasteiger partial charge in [0.15, 0.2) is 0 Å². The Morgan fingerprint density at radius 2 is 1.58 bits per heavy atom. The van der Waals surface area contributed by atoms with Crippen molar-refractivity contribution in [1.82, 2.24) is 0 Å². The molecule has 0 bridgehead atoms. The average molecular weight is 259 g/mol. The smallest absolute Gasteiger partial charge is 0.0629 e. The van der Waals surface area contributed by atoms with Gasteiger partial charge in [0, 0.05) is 5.71 Å². The fourth-order valence-corrected chi connectivity index (χ4v) is 2.20. The molecular weight excluding hydrogens is 230 g/mol. The van der Waals surface area contributed by atoms with E-state index in [4.69, 9.17) is 4.99 Å². The first-order valence-corrected chi connectivity index (χ1v) is 7.89. The molecule has 0 saturated heterocycles. The lowest BCUT2D eigenvalue weighted by molar-refractivity contribution is 0.682. The van der Waals surface area contributed by atoms with Crippen LogP contribution in [0.25, 0.3) is 0 Å². The molecule has 0 aliphatic rings. The van der Waals surface area contributed by atoms with E-state index in [2.05, 4.69) is 45.0 Å². The molecule has 1 rings (SSSR count). The molecule has 0 aliphatic carbocycles. The van der Waals surface area contributed by atoms with E-state index in [1.807, 2.05) is 0 Å². The van der Waals surface area contributed by atoms with Gasteiger partial charge in [-0.1, -0.05) is 51.7 Å². The molecule has 106 valence electrons. The minimum atomic E-state index is 1.10. The van der Waals surface area contributed by atoms with E-state index in [1.165, 1.54) is 56.2 Å². The van der Waals surface area contributed by atoms with Crippen LogP contribution in [0.1, 0.15) is 71.3 Å². The summed E-state index contributed by atoms with van der Waals surface area (Å²) < 4.78 is 0. The molecule has 0 spiro atoms. The summed E-state index contributed by atoms with van der Waals surface area (Å²) in [5, 5.41) is 0. The molecule has 0 fully saturated rings. The second-order valence-electron chi connectivity index (χ2n) is 5.43. The SMILES string of the molecule is CCCCCCC(C)=Nc1ccc(CCCC)cc1. The van der Waals surface area contributed by atoms with Crippen LogP contribution in [0.2, 0.25) is 0 Å². The van der Waals surface area contributed by atoms with Gasteiger partial charge in [-0.3, -0.25) is 4.99 Å². The van der Waals surface area contributed by atoms with Gasteiger partial charge in [-0.05, 0) is 50.3 Å². The highest BCUT2D eigenvalue weighted by Crippen LogP contribution is 2.16. The Morgan fingerprint density at radius 1 is 0.895 bits per heavy atom. The fourth-order valence-electron chi connectivity index (χ4n) is 2.20. The number of benzene rings is 1. The zero-order valence-electron chi connectivity index (χ0n) is 12.9. The Balaban J connectivity index is 2.42. The van der Waals surface area contributed by atoms with Crippen LogP contribution >= 0.6 is 0 Å². The van der Waals surface area contributed by atoms with E-state index in [9.17, 15) is 0 Å². The third kappa shape index (κ3) is 7.15. The lowest BCUT2D eigenvalue weighted by Gasteiger charge is -2.03. The molecular formula is C18H29N. The molecule has 0 unspecified atom stereocenters.